The normalized spacial score (nSPS) is 10.8. The van der Waals surface area contributed by atoms with Gasteiger partial charge in [-0.25, -0.2) is 9.78 Å². The highest BCUT2D eigenvalue weighted by atomic mass is 32.1. The van der Waals surface area contributed by atoms with Crippen molar-refractivity contribution in [2.75, 3.05) is 0 Å². The fourth-order valence-corrected chi connectivity index (χ4v) is 2.80. The molecule has 0 spiro atoms. The molecule has 4 nitrogen and oxygen atoms in total. The summed E-state index contributed by atoms with van der Waals surface area (Å²) in [6, 6.07) is 7.81. The number of aromatic nitrogens is 1. The molecular weight excluding hydrogens is 274 g/mol. The van der Waals surface area contributed by atoms with Crippen LogP contribution in [0.1, 0.15) is 39.8 Å². The summed E-state index contributed by atoms with van der Waals surface area (Å²) in [6.45, 7) is 5.70. The van der Waals surface area contributed by atoms with Gasteiger partial charge >= 0.3 is 5.97 Å². The molecule has 2 aromatic rings. The first-order chi connectivity index (χ1) is 9.45. The highest BCUT2D eigenvalue weighted by Crippen LogP contribution is 2.22. The molecule has 1 aromatic heterocycles. The third-order valence-electron chi connectivity index (χ3n) is 2.69. The number of carboxylic acid groups (broad SMARTS) is 1. The van der Waals surface area contributed by atoms with E-state index in [1.165, 1.54) is 11.3 Å². The lowest BCUT2D eigenvalue weighted by molar-refractivity contribution is 0.0701. The summed E-state index contributed by atoms with van der Waals surface area (Å²) in [4.78, 5) is 15.6. The molecule has 0 fully saturated rings. The van der Waals surface area contributed by atoms with Crippen molar-refractivity contribution < 1.29 is 14.6 Å². The van der Waals surface area contributed by atoms with Crippen LogP contribution in [0.15, 0.2) is 24.3 Å². The van der Waals surface area contributed by atoms with Gasteiger partial charge in [-0.3, -0.25) is 0 Å². The molecule has 5 heteroatoms. The van der Waals surface area contributed by atoms with Gasteiger partial charge in [0.05, 0.1) is 16.8 Å². The molecule has 0 aliphatic rings. The van der Waals surface area contributed by atoms with Crippen molar-refractivity contribution >= 4 is 17.3 Å². The Labute approximate surface area is 122 Å². The molecule has 20 heavy (non-hydrogen) atoms. The van der Waals surface area contributed by atoms with Crippen LogP contribution >= 0.6 is 11.3 Å². The van der Waals surface area contributed by atoms with Gasteiger partial charge in [0.25, 0.3) is 0 Å². The first-order valence-electron chi connectivity index (χ1n) is 6.41. The number of carboxylic acids is 1. The second-order valence-corrected chi connectivity index (χ2v) is 5.90. The monoisotopic (exact) mass is 291 g/mol. The molecule has 1 heterocycles. The molecule has 1 aromatic carbocycles. The minimum Gasteiger partial charge on any atom is -0.491 e. The number of nitrogens with zero attached hydrogens (tertiary/aromatic N) is 1. The first-order valence-corrected chi connectivity index (χ1v) is 7.22. The summed E-state index contributed by atoms with van der Waals surface area (Å²) in [5.74, 6) is -0.0720. The Hall–Kier alpha value is -1.88. The molecule has 0 aliphatic heterocycles. The zero-order valence-corrected chi connectivity index (χ0v) is 12.5. The fraction of sp³-hybridized carbons (Fsp3) is 0.333. The number of rotatable bonds is 5. The van der Waals surface area contributed by atoms with E-state index in [1.54, 1.807) is 6.92 Å². The summed E-state index contributed by atoms with van der Waals surface area (Å²) in [7, 11) is 0. The minimum atomic E-state index is -0.910. The van der Waals surface area contributed by atoms with Crippen molar-refractivity contribution in [2.45, 2.75) is 33.3 Å². The van der Waals surface area contributed by atoms with E-state index in [0.717, 1.165) is 16.3 Å². The average Bonchev–Trinajstić information content (AvgIpc) is 2.72. The molecule has 106 valence electrons. The van der Waals surface area contributed by atoms with E-state index >= 15 is 0 Å². The summed E-state index contributed by atoms with van der Waals surface area (Å²) in [5.41, 5.74) is 1.67. The van der Waals surface area contributed by atoms with Gasteiger partial charge in [0.15, 0.2) is 0 Å². The van der Waals surface area contributed by atoms with Gasteiger partial charge in [0.2, 0.25) is 0 Å². The molecule has 0 bridgehead atoms. The Kier molecular flexibility index (Phi) is 4.39. The van der Waals surface area contributed by atoms with Crippen LogP contribution in [0.5, 0.6) is 5.75 Å². The highest BCUT2D eigenvalue weighted by molar-refractivity contribution is 7.13. The quantitative estimate of drug-likeness (QED) is 0.915. The maximum absolute atomic E-state index is 11.0. The number of thiazole rings is 1. The van der Waals surface area contributed by atoms with Crippen molar-refractivity contribution in [1.82, 2.24) is 4.98 Å². The zero-order valence-electron chi connectivity index (χ0n) is 11.7. The highest BCUT2D eigenvalue weighted by Gasteiger charge is 2.14. The Morgan fingerprint density at radius 2 is 2.00 bits per heavy atom. The van der Waals surface area contributed by atoms with Gasteiger partial charge in [0.1, 0.15) is 10.6 Å². The standard InChI is InChI=1S/C15H17NO3S/c1-9(2)19-12-6-4-11(5-7-12)8-13-16-10(3)14(20-13)15(17)18/h4-7,9H,8H2,1-3H3,(H,17,18). The lowest BCUT2D eigenvalue weighted by Gasteiger charge is -2.09. The molecule has 0 atom stereocenters. The van der Waals surface area contributed by atoms with E-state index in [-0.39, 0.29) is 6.10 Å². The van der Waals surface area contributed by atoms with Gasteiger partial charge < -0.3 is 9.84 Å². The van der Waals surface area contributed by atoms with Crippen LogP contribution in [0.3, 0.4) is 0 Å². The number of hydrogen-bond acceptors (Lipinski definition) is 4. The maximum Gasteiger partial charge on any atom is 0.347 e. The van der Waals surface area contributed by atoms with Crippen molar-refractivity contribution in [3.05, 3.63) is 45.4 Å². The third kappa shape index (κ3) is 3.57. The number of aromatic carboxylic acids is 1. The molecule has 0 saturated carbocycles. The van der Waals surface area contributed by atoms with Crippen LogP contribution in [0, 0.1) is 6.92 Å². The lowest BCUT2D eigenvalue weighted by Crippen LogP contribution is -2.05. The van der Waals surface area contributed by atoms with Crippen molar-refractivity contribution in [1.29, 1.82) is 0 Å². The van der Waals surface area contributed by atoms with E-state index in [1.807, 2.05) is 38.1 Å². The van der Waals surface area contributed by atoms with Crippen LogP contribution in [0.25, 0.3) is 0 Å². The Bertz CT molecular complexity index is 602. The molecule has 2 rings (SSSR count). The summed E-state index contributed by atoms with van der Waals surface area (Å²) >= 11 is 1.24. The zero-order chi connectivity index (χ0) is 14.7. The molecule has 0 radical (unpaired) electrons. The van der Waals surface area contributed by atoms with E-state index in [4.69, 9.17) is 9.84 Å². The van der Waals surface area contributed by atoms with E-state index < -0.39 is 5.97 Å². The van der Waals surface area contributed by atoms with Gasteiger partial charge in [-0.05, 0) is 38.5 Å². The number of benzene rings is 1. The van der Waals surface area contributed by atoms with Crippen LogP contribution in [0.4, 0.5) is 0 Å². The Morgan fingerprint density at radius 1 is 1.35 bits per heavy atom. The Morgan fingerprint density at radius 3 is 2.50 bits per heavy atom. The number of ether oxygens (including phenoxy) is 1. The minimum absolute atomic E-state index is 0.153. The third-order valence-corrected chi connectivity index (χ3v) is 3.83. The fourth-order valence-electron chi connectivity index (χ4n) is 1.86. The van der Waals surface area contributed by atoms with Crippen LogP contribution in [-0.4, -0.2) is 22.2 Å². The first kappa shape index (κ1) is 14.5. The number of aryl methyl sites for hydroxylation is 1. The van der Waals surface area contributed by atoms with Crippen LogP contribution in [0.2, 0.25) is 0 Å². The largest absolute Gasteiger partial charge is 0.491 e. The second-order valence-electron chi connectivity index (χ2n) is 4.81. The van der Waals surface area contributed by atoms with Crippen LogP contribution in [-0.2, 0) is 6.42 Å². The molecular formula is C15H17NO3S. The molecule has 0 aliphatic carbocycles. The second kappa shape index (κ2) is 6.05. The average molecular weight is 291 g/mol. The Balaban J connectivity index is 2.10. The predicted molar refractivity (Wildman–Crippen MR) is 78.8 cm³/mol. The van der Waals surface area contributed by atoms with E-state index in [9.17, 15) is 4.79 Å². The van der Waals surface area contributed by atoms with Gasteiger partial charge in [0, 0.05) is 6.42 Å². The predicted octanol–water partition coefficient (Wildman–Crippen LogP) is 3.53. The topological polar surface area (TPSA) is 59.4 Å². The SMILES string of the molecule is Cc1nc(Cc2ccc(OC(C)C)cc2)sc1C(=O)O. The molecule has 0 saturated heterocycles. The van der Waals surface area contributed by atoms with Crippen molar-refractivity contribution in [2.24, 2.45) is 0 Å². The molecule has 0 amide bonds. The van der Waals surface area contributed by atoms with Crippen molar-refractivity contribution in [3.8, 4) is 5.75 Å². The maximum atomic E-state index is 11.0. The number of hydrogen-bond donors (Lipinski definition) is 1. The number of carbonyl (C=O) groups is 1. The van der Waals surface area contributed by atoms with Crippen molar-refractivity contribution in [3.63, 3.8) is 0 Å². The van der Waals surface area contributed by atoms with E-state index in [0.29, 0.717) is 17.0 Å². The lowest BCUT2D eigenvalue weighted by atomic mass is 10.1. The summed E-state index contributed by atoms with van der Waals surface area (Å²) < 4.78 is 5.58. The van der Waals surface area contributed by atoms with E-state index in [2.05, 4.69) is 4.98 Å². The van der Waals surface area contributed by atoms with Gasteiger partial charge in [-0.1, -0.05) is 12.1 Å². The molecule has 0 unspecified atom stereocenters. The smallest absolute Gasteiger partial charge is 0.347 e. The van der Waals surface area contributed by atoms with Gasteiger partial charge in [-0.2, -0.15) is 0 Å². The van der Waals surface area contributed by atoms with Crippen LogP contribution < -0.4 is 4.74 Å². The van der Waals surface area contributed by atoms with Gasteiger partial charge in [-0.15, -0.1) is 11.3 Å². The molecule has 1 N–H and O–H groups in total. The summed E-state index contributed by atoms with van der Waals surface area (Å²) in [5, 5.41) is 9.84. The summed E-state index contributed by atoms with van der Waals surface area (Å²) in [6.07, 6.45) is 0.793.